The summed E-state index contributed by atoms with van der Waals surface area (Å²) in [5, 5.41) is 0.504. The summed E-state index contributed by atoms with van der Waals surface area (Å²) in [6.07, 6.45) is 1.05. The molecule has 2 nitrogen and oxygen atoms in total. The number of benzene rings is 1. The van der Waals surface area contributed by atoms with Gasteiger partial charge in [-0.1, -0.05) is 40.5 Å². The summed E-state index contributed by atoms with van der Waals surface area (Å²) in [6, 6.07) is 8.14. The Morgan fingerprint density at radius 3 is 2.50 bits per heavy atom. The highest BCUT2D eigenvalue weighted by molar-refractivity contribution is 9.09. The maximum absolute atomic E-state index is 6.31. The molecule has 0 amide bonds. The summed E-state index contributed by atoms with van der Waals surface area (Å²) >= 11 is 11.8. The number of halogens is 2. The molecule has 0 radical (unpaired) electrons. The Kier molecular flexibility index (Phi) is 5.35. The molecule has 1 unspecified atom stereocenters. The zero-order valence-corrected chi connectivity index (χ0v) is 14.7. The van der Waals surface area contributed by atoms with Gasteiger partial charge < -0.3 is 9.47 Å². The molecule has 0 N–H and O–H groups in total. The summed E-state index contributed by atoms with van der Waals surface area (Å²) in [6.45, 7) is 2.16. The molecule has 0 saturated carbocycles. The maximum atomic E-state index is 6.31. The molecule has 1 atom stereocenters. The highest BCUT2D eigenvalue weighted by Gasteiger charge is 2.21. The molecule has 1 aromatic carbocycles. The third-order valence-electron chi connectivity index (χ3n) is 3.07. The minimum Gasteiger partial charge on any atom is -0.495 e. The van der Waals surface area contributed by atoms with Crippen LogP contribution in [0.25, 0.3) is 0 Å². The second kappa shape index (κ2) is 6.83. The number of hydrogen-bond acceptors (Lipinski definition) is 3. The Morgan fingerprint density at radius 2 is 1.95 bits per heavy atom. The lowest BCUT2D eigenvalue weighted by Gasteiger charge is -2.16. The third kappa shape index (κ3) is 2.97. The lowest BCUT2D eigenvalue weighted by atomic mass is 10.1. The number of thiophene rings is 1. The first-order chi connectivity index (χ1) is 9.62. The van der Waals surface area contributed by atoms with E-state index in [2.05, 4.69) is 35.0 Å². The van der Waals surface area contributed by atoms with Crippen molar-refractivity contribution in [2.45, 2.75) is 18.2 Å². The first kappa shape index (κ1) is 15.7. The number of hydrogen-bond donors (Lipinski definition) is 0. The van der Waals surface area contributed by atoms with E-state index < -0.39 is 0 Å². The fourth-order valence-electron chi connectivity index (χ4n) is 1.99. The molecular formula is C15H16BrClO2S. The van der Waals surface area contributed by atoms with Crippen LogP contribution in [0.15, 0.2) is 24.3 Å². The fourth-order valence-corrected chi connectivity index (χ4v) is 4.06. The van der Waals surface area contributed by atoms with E-state index in [-0.39, 0.29) is 4.83 Å². The number of alkyl halides is 1. The second-order valence-electron chi connectivity index (χ2n) is 4.22. The molecule has 0 bridgehead atoms. The van der Waals surface area contributed by atoms with Crippen LogP contribution >= 0.6 is 38.9 Å². The number of ether oxygens (including phenoxy) is 2. The van der Waals surface area contributed by atoms with Crippen LogP contribution in [0.5, 0.6) is 11.5 Å². The van der Waals surface area contributed by atoms with Crippen molar-refractivity contribution in [2.24, 2.45) is 0 Å². The molecule has 0 aliphatic heterocycles. The van der Waals surface area contributed by atoms with Gasteiger partial charge in [-0.05, 0) is 24.6 Å². The summed E-state index contributed by atoms with van der Waals surface area (Å²) < 4.78 is 10.7. The fraction of sp³-hybridized carbons (Fsp3) is 0.333. The average Bonchev–Trinajstić information content (AvgIpc) is 2.95. The summed E-state index contributed by atoms with van der Waals surface area (Å²) in [7, 11) is 3.22. The summed E-state index contributed by atoms with van der Waals surface area (Å²) in [5.41, 5.74) is 1.00. The minimum atomic E-state index is 0.0613. The lowest BCUT2D eigenvalue weighted by Crippen LogP contribution is -1.98. The van der Waals surface area contributed by atoms with Crippen LogP contribution in [0, 0.1) is 0 Å². The minimum absolute atomic E-state index is 0.0613. The molecule has 0 saturated heterocycles. The Morgan fingerprint density at radius 1 is 1.20 bits per heavy atom. The van der Waals surface area contributed by atoms with Gasteiger partial charge in [0.25, 0.3) is 0 Å². The van der Waals surface area contributed by atoms with E-state index >= 15 is 0 Å². The van der Waals surface area contributed by atoms with Crippen LogP contribution in [-0.4, -0.2) is 14.2 Å². The van der Waals surface area contributed by atoms with Gasteiger partial charge >= 0.3 is 0 Å². The van der Waals surface area contributed by atoms with Crippen molar-refractivity contribution >= 4 is 38.9 Å². The smallest absolute Gasteiger partial charge is 0.145 e. The van der Waals surface area contributed by atoms with Gasteiger partial charge in [0.1, 0.15) is 16.5 Å². The molecule has 1 aromatic heterocycles. The predicted molar refractivity (Wildman–Crippen MR) is 89.0 cm³/mol. The van der Waals surface area contributed by atoms with Gasteiger partial charge in [0.2, 0.25) is 0 Å². The van der Waals surface area contributed by atoms with E-state index in [0.717, 1.165) is 12.0 Å². The second-order valence-corrected chi connectivity index (χ2v) is 6.72. The van der Waals surface area contributed by atoms with Crippen LogP contribution in [0.1, 0.15) is 27.1 Å². The van der Waals surface area contributed by atoms with Crippen molar-refractivity contribution in [3.8, 4) is 11.5 Å². The molecule has 2 aromatic rings. The lowest BCUT2D eigenvalue weighted by molar-refractivity contribution is 0.392. The Hall–Kier alpha value is -0.710. The molecule has 20 heavy (non-hydrogen) atoms. The zero-order valence-electron chi connectivity index (χ0n) is 11.6. The van der Waals surface area contributed by atoms with Gasteiger partial charge in [-0.15, -0.1) is 11.3 Å². The van der Waals surface area contributed by atoms with Crippen molar-refractivity contribution < 1.29 is 9.47 Å². The van der Waals surface area contributed by atoms with Crippen LogP contribution in [0.4, 0.5) is 0 Å². The molecule has 1 heterocycles. The SMILES string of the molecule is CCc1ccc(C(Br)c2ccc(OC)c(Cl)c2OC)s1. The highest BCUT2D eigenvalue weighted by atomic mass is 79.9. The quantitative estimate of drug-likeness (QED) is 0.646. The first-order valence-corrected chi connectivity index (χ1v) is 8.36. The maximum Gasteiger partial charge on any atom is 0.145 e. The van der Waals surface area contributed by atoms with Gasteiger partial charge in [-0.3, -0.25) is 0 Å². The van der Waals surface area contributed by atoms with Crippen LogP contribution in [0.2, 0.25) is 5.02 Å². The Bertz CT molecular complexity index is 598. The van der Waals surface area contributed by atoms with Crippen molar-refractivity contribution in [3.05, 3.63) is 44.6 Å². The van der Waals surface area contributed by atoms with E-state index in [1.165, 1.54) is 9.75 Å². The first-order valence-electron chi connectivity index (χ1n) is 6.25. The largest absolute Gasteiger partial charge is 0.495 e. The van der Waals surface area contributed by atoms with Crippen LogP contribution < -0.4 is 9.47 Å². The number of rotatable bonds is 5. The third-order valence-corrected chi connectivity index (χ3v) is 6.01. The number of methoxy groups -OCH3 is 2. The van der Waals surface area contributed by atoms with Crippen molar-refractivity contribution in [1.82, 2.24) is 0 Å². The van der Waals surface area contributed by atoms with E-state index in [1.807, 2.05) is 12.1 Å². The highest BCUT2D eigenvalue weighted by Crippen LogP contribution is 2.45. The van der Waals surface area contributed by atoms with Crippen LogP contribution in [-0.2, 0) is 6.42 Å². The van der Waals surface area contributed by atoms with Gasteiger partial charge in [0.05, 0.1) is 19.0 Å². The molecule has 0 spiro atoms. The Labute approximate surface area is 136 Å². The monoisotopic (exact) mass is 374 g/mol. The molecule has 0 fully saturated rings. The van der Waals surface area contributed by atoms with E-state index in [1.54, 1.807) is 25.6 Å². The molecule has 0 aliphatic carbocycles. The molecule has 108 valence electrons. The Balaban J connectivity index is 2.43. The summed E-state index contributed by atoms with van der Waals surface area (Å²) in [4.78, 5) is 2.66. The predicted octanol–water partition coefficient (Wildman–Crippen LogP) is 5.47. The van der Waals surface area contributed by atoms with Crippen molar-refractivity contribution in [2.75, 3.05) is 14.2 Å². The van der Waals surface area contributed by atoms with Gasteiger partial charge in [0.15, 0.2) is 0 Å². The van der Waals surface area contributed by atoms with Crippen molar-refractivity contribution in [3.63, 3.8) is 0 Å². The number of aryl methyl sites for hydroxylation is 1. The van der Waals surface area contributed by atoms with E-state index in [9.17, 15) is 0 Å². The van der Waals surface area contributed by atoms with Gasteiger partial charge in [0, 0.05) is 15.3 Å². The van der Waals surface area contributed by atoms with Crippen LogP contribution in [0.3, 0.4) is 0 Å². The molecule has 5 heteroatoms. The standard InChI is InChI=1S/C15H16BrClO2S/c1-4-9-5-8-12(20-9)13(16)10-6-7-11(18-2)14(17)15(10)19-3/h5-8,13H,4H2,1-3H3. The zero-order chi connectivity index (χ0) is 14.7. The molecular weight excluding hydrogens is 360 g/mol. The average molecular weight is 376 g/mol. The topological polar surface area (TPSA) is 18.5 Å². The summed E-state index contributed by atoms with van der Waals surface area (Å²) in [5.74, 6) is 1.27. The molecule has 2 rings (SSSR count). The normalized spacial score (nSPS) is 12.2. The van der Waals surface area contributed by atoms with Gasteiger partial charge in [-0.2, -0.15) is 0 Å². The van der Waals surface area contributed by atoms with E-state index in [4.69, 9.17) is 21.1 Å². The van der Waals surface area contributed by atoms with Gasteiger partial charge in [-0.25, -0.2) is 0 Å². The van der Waals surface area contributed by atoms with Crippen molar-refractivity contribution in [1.29, 1.82) is 0 Å². The van der Waals surface area contributed by atoms with E-state index in [0.29, 0.717) is 16.5 Å². The molecule has 0 aliphatic rings.